The van der Waals surface area contributed by atoms with Crippen molar-refractivity contribution >= 4 is 52.5 Å². The van der Waals surface area contributed by atoms with Gasteiger partial charge in [0.2, 0.25) is 0 Å². The summed E-state index contributed by atoms with van der Waals surface area (Å²) in [6.07, 6.45) is 1.91. The van der Waals surface area contributed by atoms with Crippen molar-refractivity contribution in [2.45, 2.75) is 15.1 Å². The van der Waals surface area contributed by atoms with Gasteiger partial charge in [-0.15, -0.1) is 0 Å². The van der Waals surface area contributed by atoms with Crippen LogP contribution in [0.15, 0.2) is 39.3 Å². The van der Waals surface area contributed by atoms with E-state index in [-0.39, 0.29) is 0 Å². The zero-order valence-electron chi connectivity index (χ0n) is 9.35. The van der Waals surface area contributed by atoms with Crippen LogP contribution < -0.4 is 5.73 Å². The number of nitrogens with zero attached hydrogens (tertiary/aromatic N) is 2. The minimum Gasteiger partial charge on any atom is -0.384 e. The van der Waals surface area contributed by atoms with Crippen molar-refractivity contribution in [3.8, 4) is 0 Å². The molecule has 0 saturated carbocycles. The van der Waals surface area contributed by atoms with Crippen LogP contribution in [0.25, 0.3) is 0 Å². The summed E-state index contributed by atoms with van der Waals surface area (Å²) < 4.78 is 0. The van der Waals surface area contributed by atoms with Gasteiger partial charge in [0.1, 0.15) is 10.8 Å². The highest BCUT2D eigenvalue weighted by molar-refractivity contribution is 7.99. The van der Waals surface area contributed by atoms with Crippen LogP contribution in [0.4, 0.5) is 5.82 Å². The lowest BCUT2D eigenvalue weighted by Gasteiger charge is -2.05. The number of hydrogen-bond acceptors (Lipinski definition) is 5. The average Bonchev–Trinajstić information content (AvgIpc) is 2.33. The van der Waals surface area contributed by atoms with Crippen molar-refractivity contribution in [2.24, 2.45) is 0 Å². The standard InChI is InChI=1S/C11H9Cl2N3S2/c1-17-11-15-9(14)5-10(16-11)18-6-2-3-7(12)8(13)4-6/h2-5H,1H3,(H2,14,15,16). The van der Waals surface area contributed by atoms with Crippen molar-refractivity contribution < 1.29 is 0 Å². The molecule has 0 atom stereocenters. The molecule has 0 radical (unpaired) electrons. The Bertz CT molecular complexity index is 578. The maximum Gasteiger partial charge on any atom is 0.190 e. The normalized spacial score (nSPS) is 10.6. The number of thioether (sulfide) groups is 1. The third-order valence-corrected chi connectivity index (χ3v) is 4.19. The molecule has 0 unspecified atom stereocenters. The van der Waals surface area contributed by atoms with Crippen LogP contribution in [0.3, 0.4) is 0 Å². The molecule has 0 aliphatic rings. The van der Waals surface area contributed by atoms with Gasteiger partial charge in [-0.05, 0) is 24.5 Å². The molecular weight excluding hydrogens is 309 g/mol. The summed E-state index contributed by atoms with van der Waals surface area (Å²) in [6, 6.07) is 7.17. The van der Waals surface area contributed by atoms with Crippen molar-refractivity contribution in [3.63, 3.8) is 0 Å². The highest BCUT2D eigenvalue weighted by atomic mass is 35.5. The molecule has 0 bridgehead atoms. The maximum absolute atomic E-state index is 5.96. The molecule has 1 aromatic heterocycles. The monoisotopic (exact) mass is 317 g/mol. The lowest BCUT2D eigenvalue weighted by atomic mass is 10.4. The topological polar surface area (TPSA) is 51.8 Å². The van der Waals surface area contributed by atoms with Crippen LogP contribution >= 0.6 is 46.7 Å². The molecule has 3 nitrogen and oxygen atoms in total. The molecule has 0 aliphatic heterocycles. The van der Waals surface area contributed by atoms with Gasteiger partial charge < -0.3 is 5.73 Å². The maximum atomic E-state index is 5.96. The summed E-state index contributed by atoms with van der Waals surface area (Å²) in [7, 11) is 0. The van der Waals surface area contributed by atoms with E-state index in [0.29, 0.717) is 21.0 Å². The van der Waals surface area contributed by atoms with E-state index in [0.717, 1.165) is 9.92 Å². The smallest absolute Gasteiger partial charge is 0.190 e. The van der Waals surface area contributed by atoms with Gasteiger partial charge >= 0.3 is 0 Å². The Morgan fingerprint density at radius 1 is 1.11 bits per heavy atom. The summed E-state index contributed by atoms with van der Waals surface area (Å²) in [5.74, 6) is 0.455. The van der Waals surface area contributed by atoms with Gasteiger partial charge in [0.05, 0.1) is 10.0 Å². The number of benzene rings is 1. The molecule has 7 heteroatoms. The molecule has 1 aromatic carbocycles. The van der Waals surface area contributed by atoms with Gasteiger partial charge in [0.15, 0.2) is 5.16 Å². The van der Waals surface area contributed by atoms with E-state index in [4.69, 9.17) is 28.9 Å². The Kier molecular flexibility index (Phi) is 4.61. The average molecular weight is 318 g/mol. The van der Waals surface area contributed by atoms with E-state index in [1.807, 2.05) is 12.3 Å². The highest BCUT2D eigenvalue weighted by Gasteiger charge is 2.06. The van der Waals surface area contributed by atoms with E-state index in [1.165, 1.54) is 23.5 Å². The summed E-state index contributed by atoms with van der Waals surface area (Å²) in [5.41, 5.74) is 5.72. The van der Waals surface area contributed by atoms with Crippen LogP contribution in [-0.2, 0) is 0 Å². The van der Waals surface area contributed by atoms with E-state index in [2.05, 4.69) is 9.97 Å². The Morgan fingerprint density at radius 2 is 1.89 bits per heavy atom. The third kappa shape index (κ3) is 3.45. The van der Waals surface area contributed by atoms with Gasteiger partial charge in [0.25, 0.3) is 0 Å². The van der Waals surface area contributed by atoms with Crippen LogP contribution in [0.2, 0.25) is 10.0 Å². The van der Waals surface area contributed by atoms with Crippen molar-refractivity contribution in [1.82, 2.24) is 9.97 Å². The number of halogens is 2. The number of nitrogen functional groups attached to an aromatic ring is 1. The molecule has 2 rings (SSSR count). The minimum atomic E-state index is 0.455. The number of anilines is 1. The molecule has 1 heterocycles. The van der Waals surface area contributed by atoms with Crippen molar-refractivity contribution in [3.05, 3.63) is 34.3 Å². The number of aromatic nitrogens is 2. The summed E-state index contributed by atoms with van der Waals surface area (Å²) in [6.45, 7) is 0. The summed E-state index contributed by atoms with van der Waals surface area (Å²) in [5, 5.41) is 2.49. The van der Waals surface area contributed by atoms with E-state index in [9.17, 15) is 0 Å². The van der Waals surface area contributed by atoms with E-state index in [1.54, 1.807) is 18.2 Å². The molecule has 0 spiro atoms. The largest absolute Gasteiger partial charge is 0.384 e. The predicted molar refractivity (Wildman–Crippen MR) is 78.8 cm³/mol. The van der Waals surface area contributed by atoms with Crippen LogP contribution in [0.5, 0.6) is 0 Å². The number of hydrogen-bond donors (Lipinski definition) is 1. The zero-order chi connectivity index (χ0) is 13.1. The first-order valence-corrected chi connectivity index (χ1v) is 7.69. The Balaban J connectivity index is 2.27. The van der Waals surface area contributed by atoms with Gasteiger partial charge in [-0.2, -0.15) is 0 Å². The third-order valence-electron chi connectivity index (χ3n) is 2.00. The van der Waals surface area contributed by atoms with Gasteiger partial charge in [-0.25, -0.2) is 9.97 Å². The highest BCUT2D eigenvalue weighted by Crippen LogP contribution is 2.32. The second-order valence-corrected chi connectivity index (χ2v) is 5.98. The molecule has 2 N–H and O–H groups in total. The second-order valence-electron chi connectivity index (χ2n) is 3.30. The summed E-state index contributed by atoms with van der Waals surface area (Å²) >= 11 is 14.7. The molecular formula is C11H9Cl2N3S2. The molecule has 0 aliphatic carbocycles. The minimum absolute atomic E-state index is 0.455. The first-order chi connectivity index (χ1) is 8.58. The molecule has 0 saturated heterocycles. The van der Waals surface area contributed by atoms with E-state index < -0.39 is 0 Å². The van der Waals surface area contributed by atoms with Crippen molar-refractivity contribution in [1.29, 1.82) is 0 Å². The van der Waals surface area contributed by atoms with Gasteiger partial charge in [-0.1, -0.05) is 46.7 Å². The second kappa shape index (κ2) is 6.02. The fourth-order valence-corrected chi connectivity index (χ4v) is 2.90. The van der Waals surface area contributed by atoms with Gasteiger partial charge in [-0.3, -0.25) is 0 Å². The predicted octanol–water partition coefficient (Wildman–Crippen LogP) is 4.24. The Morgan fingerprint density at radius 3 is 2.56 bits per heavy atom. The fourth-order valence-electron chi connectivity index (χ4n) is 1.23. The first kappa shape index (κ1) is 13.8. The SMILES string of the molecule is CSc1nc(N)cc(Sc2ccc(Cl)c(Cl)c2)n1. The zero-order valence-corrected chi connectivity index (χ0v) is 12.5. The molecule has 0 fully saturated rings. The summed E-state index contributed by atoms with van der Waals surface area (Å²) in [4.78, 5) is 9.41. The number of nitrogens with two attached hydrogens (primary N) is 1. The van der Waals surface area contributed by atoms with Crippen LogP contribution in [-0.4, -0.2) is 16.2 Å². The molecule has 94 valence electrons. The lowest BCUT2D eigenvalue weighted by molar-refractivity contribution is 0.902. The van der Waals surface area contributed by atoms with E-state index >= 15 is 0 Å². The van der Waals surface area contributed by atoms with Gasteiger partial charge in [0, 0.05) is 11.0 Å². The first-order valence-electron chi connectivity index (χ1n) is 4.90. The molecule has 0 amide bonds. The lowest BCUT2D eigenvalue weighted by Crippen LogP contribution is -1.95. The molecule has 18 heavy (non-hydrogen) atoms. The quantitative estimate of drug-likeness (QED) is 0.521. The fraction of sp³-hybridized carbons (Fsp3) is 0.0909. The van der Waals surface area contributed by atoms with Crippen molar-refractivity contribution in [2.75, 3.05) is 12.0 Å². The van der Waals surface area contributed by atoms with Crippen LogP contribution in [0, 0.1) is 0 Å². The Labute approximate surface area is 123 Å². The number of rotatable bonds is 3. The molecule has 2 aromatic rings. The Hall–Kier alpha value is -0.620. The van der Waals surface area contributed by atoms with Crippen LogP contribution in [0.1, 0.15) is 0 Å².